The van der Waals surface area contributed by atoms with Gasteiger partial charge in [0.1, 0.15) is 0 Å². The third-order valence-electron chi connectivity index (χ3n) is 2.68. The number of pyridine rings is 1. The Morgan fingerprint density at radius 3 is 2.45 bits per heavy atom. The summed E-state index contributed by atoms with van der Waals surface area (Å²) in [5.41, 5.74) is 7.22. The molecule has 0 spiro atoms. The lowest BCUT2D eigenvalue weighted by Crippen LogP contribution is -2.13. The van der Waals surface area contributed by atoms with Crippen LogP contribution in [0, 0.1) is 0 Å². The number of hydrogen-bond donors (Lipinski definition) is 3. The fraction of sp³-hybridized carbons (Fsp3) is 0.0714. The first-order valence-electron chi connectivity index (χ1n) is 5.90. The van der Waals surface area contributed by atoms with Crippen molar-refractivity contribution in [2.24, 2.45) is 5.73 Å². The largest absolute Gasteiger partial charge is 0.478 e. The van der Waals surface area contributed by atoms with Crippen LogP contribution in [-0.2, 0) is 6.54 Å². The summed E-state index contributed by atoms with van der Waals surface area (Å²) in [6.45, 7) is 0.258. The molecule has 0 fully saturated rings. The molecular weight excluding hydrogens is 258 g/mol. The average Bonchev–Trinajstić information content (AvgIpc) is 2.47. The van der Waals surface area contributed by atoms with E-state index in [4.69, 9.17) is 10.8 Å². The topological polar surface area (TPSA) is 105 Å². The molecule has 0 aliphatic rings. The fourth-order valence-electron chi connectivity index (χ4n) is 1.63. The predicted octanol–water partition coefficient (Wildman–Crippen LogP) is 1.49. The molecule has 0 unspecified atom stereocenters. The summed E-state index contributed by atoms with van der Waals surface area (Å²) >= 11 is 0. The van der Waals surface area contributed by atoms with Crippen molar-refractivity contribution in [1.82, 2.24) is 4.98 Å². The molecule has 1 aromatic carbocycles. The van der Waals surface area contributed by atoms with E-state index in [2.05, 4.69) is 10.3 Å². The number of carboxylic acids is 1. The quantitative estimate of drug-likeness (QED) is 0.781. The fourth-order valence-corrected chi connectivity index (χ4v) is 1.63. The van der Waals surface area contributed by atoms with Gasteiger partial charge in [-0.25, -0.2) is 4.79 Å². The highest BCUT2D eigenvalue weighted by Gasteiger charge is 2.08. The molecule has 0 saturated heterocycles. The molecule has 0 atom stereocenters. The van der Waals surface area contributed by atoms with E-state index in [0.717, 1.165) is 0 Å². The number of rotatable bonds is 4. The first-order valence-corrected chi connectivity index (χ1v) is 5.90. The number of amides is 1. The third kappa shape index (κ3) is 3.18. The van der Waals surface area contributed by atoms with E-state index in [1.165, 1.54) is 30.5 Å². The van der Waals surface area contributed by atoms with Crippen molar-refractivity contribution in [3.63, 3.8) is 0 Å². The number of nitrogens with zero attached hydrogens (tertiary/aromatic N) is 1. The van der Waals surface area contributed by atoms with Crippen LogP contribution in [0.15, 0.2) is 42.6 Å². The first-order chi connectivity index (χ1) is 9.60. The molecule has 1 aromatic heterocycles. The second-order valence-corrected chi connectivity index (χ2v) is 4.08. The van der Waals surface area contributed by atoms with Crippen LogP contribution >= 0.6 is 0 Å². The van der Waals surface area contributed by atoms with Crippen LogP contribution in [0.3, 0.4) is 0 Å². The SMILES string of the molecule is NCc1cc(C(=O)Nc2ccc(C(=O)O)cc2)ccn1. The zero-order valence-corrected chi connectivity index (χ0v) is 10.5. The minimum atomic E-state index is -1.01. The molecule has 6 heteroatoms. The van der Waals surface area contributed by atoms with Gasteiger partial charge in [-0.2, -0.15) is 0 Å². The molecule has 6 nitrogen and oxygen atoms in total. The van der Waals surface area contributed by atoms with Gasteiger partial charge < -0.3 is 16.2 Å². The van der Waals surface area contributed by atoms with Crippen LogP contribution in [0.4, 0.5) is 5.69 Å². The Morgan fingerprint density at radius 1 is 1.15 bits per heavy atom. The number of carboxylic acid groups (broad SMARTS) is 1. The first kappa shape index (κ1) is 13.7. The van der Waals surface area contributed by atoms with Gasteiger partial charge in [-0.3, -0.25) is 9.78 Å². The van der Waals surface area contributed by atoms with Gasteiger partial charge in [0.25, 0.3) is 5.91 Å². The summed E-state index contributed by atoms with van der Waals surface area (Å²) < 4.78 is 0. The van der Waals surface area contributed by atoms with E-state index in [1.54, 1.807) is 12.1 Å². The summed E-state index contributed by atoms with van der Waals surface area (Å²) in [5.74, 6) is -1.31. The molecule has 20 heavy (non-hydrogen) atoms. The lowest BCUT2D eigenvalue weighted by molar-refractivity contribution is 0.0696. The molecule has 1 heterocycles. The van der Waals surface area contributed by atoms with Crippen molar-refractivity contribution < 1.29 is 14.7 Å². The number of carbonyl (C=O) groups excluding carboxylic acids is 1. The van der Waals surface area contributed by atoms with E-state index in [-0.39, 0.29) is 18.0 Å². The number of aromatic nitrogens is 1. The maximum absolute atomic E-state index is 12.0. The van der Waals surface area contributed by atoms with Crippen LogP contribution in [0.1, 0.15) is 26.4 Å². The summed E-state index contributed by atoms with van der Waals surface area (Å²) in [7, 11) is 0. The van der Waals surface area contributed by atoms with Gasteiger partial charge in [0.15, 0.2) is 0 Å². The summed E-state index contributed by atoms with van der Waals surface area (Å²) in [5, 5.41) is 11.5. The highest BCUT2D eigenvalue weighted by Crippen LogP contribution is 2.11. The van der Waals surface area contributed by atoms with E-state index in [0.29, 0.717) is 16.9 Å². The van der Waals surface area contributed by atoms with E-state index < -0.39 is 5.97 Å². The minimum absolute atomic E-state index is 0.164. The summed E-state index contributed by atoms with van der Waals surface area (Å²) in [6, 6.07) is 9.12. The highest BCUT2D eigenvalue weighted by atomic mass is 16.4. The Labute approximate surface area is 115 Å². The highest BCUT2D eigenvalue weighted by molar-refractivity contribution is 6.04. The maximum atomic E-state index is 12.0. The second-order valence-electron chi connectivity index (χ2n) is 4.08. The smallest absolute Gasteiger partial charge is 0.335 e. The van der Waals surface area contributed by atoms with Crippen molar-refractivity contribution >= 4 is 17.6 Å². The Morgan fingerprint density at radius 2 is 1.85 bits per heavy atom. The molecular formula is C14H13N3O3. The standard InChI is InChI=1S/C14H13N3O3/c15-8-12-7-10(5-6-16-12)13(18)17-11-3-1-9(2-4-11)14(19)20/h1-7H,8,15H2,(H,17,18)(H,19,20). The minimum Gasteiger partial charge on any atom is -0.478 e. The Hall–Kier alpha value is -2.73. The van der Waals surface area contributed by atoms with Crippen LogP contribution in [0.2, 0.25) is 0 Å². The molecule has 0 radical (unpaired) electrons. The van der Waals surface area contributed by atoms with Gasteiger partial charge in [0.2, 0.25) is 0 Å². The van der Waals surface area contributed by atoms with Gasteiger partial charge in [-0.05, 0) is 36.4 Å². The number of aromatic carboxylic acids is 1. The van der Waals surface area contributed by atoms with Gasteiger partial charge >= 0.3 is 5.97 Å². The Balaban J connectivity index is 2.12. The normalized spacial score (nSPS) is 10.1. The van der Waals surface area contributed by atoms with Crippen LogP contribution in [-0.4, -0.2) is 22.0 Å². The number of anilines is 1. The number of nitrogens with one attached hydrogen (secondary N) is 1. The molecule has 2 aromatic rings. The zero-order chi connectivity index (χ0) is 14.5. The van der Waals surface area contributed by atoms with Crippen LogP contribution in [0.5, 0.6) is 0 Å². The molecule has 102 valence electrons. The van der Waals surface area contributed by atoms with Gasteiger partial charge in [-0.15, -0.1) is 0 Å². The van der Waals surface area contributed by atoms with Crippen molar-refractivity contribution in [2.45, 2.75) is 6.54 Å². The maximum Gasteiger partial charge on any atom is 0.335 e. The van der Waals surface area contributed by atoms with Gasteiger partial charge in [-0.1, -0.05) is 0 Å². The zero-order valence-electron chi connectivity index (χ0n) is 10.5. The number of carbonyl (C=O) groups is 2. The number of benzene rings is 1. The molecule has 2 rings (SSSR count). The number of hydrogen-bond acceptors (Lipinski definition) is 4. The molecule has 0 saturated carbocycles. The molecule has 0 aliphatic carbocycles. The molecule has 1 amide bonds. The summed E-state index contributed by atoms with van der Waals surface area (Å²) in [6.07, 6.45) is 1.52. The molecule has 4 N–H and O–H groups in total. The van der Waals surface area contributed by atoms with E-state index >= 15 is 0 Å². The molecule has 0 bridgehead atoms. The lowest BCUT2D eigenvalue weighted by Gasteiger charge is -2.06. The van der Waals surface area contributed by atoms with Gasteiger partial charge in [0.05, 0.1) is 11.3 Å². The molecule has 0 aliphatic heterocycles. The van der Waals surface area contributed by atoms with Crippen molar-refractivity contribution in [2.75, 3.05) is 5.32 Å². The number of nitrogens with two attached hydrogens (primary N) is 1. The van der Waals surface area contributed by atoms with Crippen molar-refractivity contribution in [1.29, 1.82) is 0 Å². The summed E-state index contributed by atoms with van der Waals surface area (Å²) in [4.78, 5) is 26.7. The Bertz CT molecular complexity index is 638. The van der Waals surface area contributed by atoms with Crippen molar-refractivity contribution in [3.8, 4) is 0 Å². The van der Waals surface area contributed by atoms with E-state index in [1.807, 2.05) is 0 Å². The van der Waals surface area contributed by atoms with Crippen LogP contribution < -0.4 is 11.1 Å². The van der Waals surface area contributed by atoms with Gasteiger partial charge in [0, 0.05) is 24.0 Å². The average molecular weight is 271 g/mol. The second kappa shape index (κ2) is 5.94. The predicted molar refractivity (Wildman–Crippen MR) is 73.5 cm³/mol. The monoisotopic (exact) mass is 271 g/mol. The lowest BCUT2D eigenvalue weighted by atomic mass is 10.2. The van der Waals surface area contributed by atoms with Crippen molar-refractivity contribution in [3.05, 3.63) is 59.4 Å². The van der Waals surface area contributed by atoms with Crippen LogP contribution in [0.25, 0.3) is 0 Å². The Kier molecular flexibility index (Phi) is 4.07. The third-order valence-corrected chi connectivity index (χ3v) is 2.68. The van der Waals surface area contributed by atoms with E-state index in [9.17, 15) is 9.59 Å².